The van der Waals surface area contributed by atoms with E-state index in [1.54, 1.807) is 0 Å². The third kappa shape index (κ3) is 7.85. The van der Waals surface area contributed by atoms with Crippen LogP contribution in [-0.4, -0.2) is 6.16 Å². The summed E-state index contributed by atoms with van der Waals surface area (Å²) >= 11 is 0. The monoisotopic (exact) mass is 410 g/mol. The highest BCUT2D eigenvalue weighted by molar-refractivity contribution is 5.65. The minimum atomic E-state index is -0.608. The van der Waals surface area contributed by atoms with Gasteiger partial charge in [-0.3, -0.25) is 0 Å². The second-order valence-corrected chi connectivity index (χ2v) is 7.97. The average Bonchev–Trinajstić information content (AvgIpc) is 2.76. The number of carbonyl (C=O) groups is 1. The van der Waals surface area contributed by atoms with Crippen LogP contribution in [0.5, 0.6) is 5.75 Å². The van der Waals surface area contributed by atoms with E-state index in [1.807, 2.05) is 42.5 Å². The highest BCUT2D eigenvalue weighted by Crippen LogP contribution is 2.28. The largest absolute Gasteiger partial charge is 0.514 e. The van der Waals surface area contributed by atoms with Gasteiger partial charge in [-0.25, -0.2) is 4.79 Å². The summed E-state index contributed by atoms with van der Waals surface area (Å²) in [6, 6.07) is 16.0. The molecule has 3 nitrogen and oxygen atoms in total. The molecule has 164 valence electrons. The number of unbranched alkanes of at least 4 members (excludes halogenated alkanes) is 4. The van der Waals surface area contributed by atoms with E-state index < -0.39 is 6.16 Å². The standard InChI is InChI=1S/C27H38O3/c1-4-7-8-9-13-20-25(23-17-11-10-12-18-23)29-27(28)30-26-21-14-19-22(15-5-2)24(26)16-6-3/h10-12,14,17-19,21,25H,4-9,13,15-16,20H2,1-3H3. The molecule has 30 heavy (non-hydrogen) atoms. The molecule has 0 aliphatic heterocycles. The Hall–Kier alpha value is -2.29. The van der Waals surface area contributed by atoms with Crippen molar-refractivity contribution in [1.82, 2.24) is 0 Å². The molecule has 0 saturated heterocycles. The molecule has 0 heterocycles. The first-order valence-corrected chi connectivity index (χ1v) is 11.7. The number of benzene rings is 2. The maximum Gasteiger partial charge on any atom is 0.514 e. The van der Waals surface area contributed by atoms with Crippen molar-refractivity contribution >= 4 is 6.16 Å². The Kier molecular flexibility index (Phi) is 11.1. The maximum absolute atomic E-state index is 12.7. The van der Waals surface area contributed by atoms with Crippen LogP contribution < -0.4 is 4.74 Å². The van der Waals surface area contributed by atoms with Gasteiger partial charge in [-0.1, -0.05) is 102 Å². The Bertz CT molecular complexity index is 739. The lowest BCUT2D eigenvalue weighted by Crippen LogP contribution is -2.16. The van der Waals surface area contributed by atoms with Crippen LogP contribution in [0.1, 0.15) is 94.9 Å². The number of hydrogen-bond donors (Lipinski definition) is 0. The van der Waals surface area contributed by atoms with Gasteiger partial charge in [0.05, 0.1) is 0 Å². The van der Waals surface area contributed by atoms with Crippen LogP contribution in [0.3, 0.4) is 0 Å². The minimum absolute atomic E-state index is 0.270. The molecule has 1 unspecified atom stereocenters. The first-order valence-electron chi connectivity index (χ1n) is 11.7. The van der Waals surface area contributed by atoms with Crippen molar-refractivity contribution in [3.63, 3.8) is 0 Å². The third-order valence-corrected chi connectivity index (χ3v) is 5.42. The van der Waals surface area contributed by atoms with Crippen LogP contribution in [0, 0.1) is 0 Å². The van der Waals surface area contributed by atoms with E-state index in [9.17, 15) is 4.79 Å². The Balaban J connectivity index is 2.07. The predicted molar refractivity (Wildman–Crippen MR) is 124 cm³/mol. The van der Waals surface area contributed by atoms with Crippen LogP contribution in [0.2, 0.25) is 0 Å². The second kappa shape index (κ2) is 13.8. The van der Waals surface area contributed by atoms with Gasteiger partial charge in [0.1, 0.15) is 11.9 Å². The summed E-state index contributed by atoms with van der Waals surface area (Å²) in [4.78, 5) is 12.7. The van der Waals surface area contributed by atoms with E-state index in [4.69, 9.17) is 9.47 Å². The van der Waals surface area contributed by atoms with Crippen LogP contribution in [0.4, 0.5) is 4.79 Å². The maximum atomic E-state index is 12.7. The van der Waals surface area contributed by atoms with Crippen molar-refractivity contribution in [2.24, 2.45) is 0 Å². The van der Waals surface area contributed by atoms with Crippen LogP contribution in [0.15, 0.2) is 48.5 Å². The summed E-state index contributed by atoms with van der Waals surface area (Å²) in [5.74, 6) is 0.641. The number of carbonyl (C=O) groups excluding carboxylic acids is 1. The smallest absolute Gasteiger partial charge is 0.426 e. The molecule has 0 radical (unpaired) electrons. The predicted octanol–water partition coefficient (Wildman–Crippen LogP) is 8.21. The van der Waals surface area contributed by atoms with E-state index in [0.717, 1.165) is 56.1 Å². The molecule has 2 aromatic carbocycles. The molecule has 2 rings (SSSR count). The number of rotatable bonds is 13. The molecular formula is C27H38O3. The van der Waals surface area contributed by atoms with Gasteiger partial charge in [0.15, 0.2) is 0 Å². The van der Waals surface area contributed by atoms with Gasteiger partial charge in [-0.2, -0.15) is 0 Å². The quantitative estimate of drug-likeness (QED) is 0.190. The van der Waals surface area contributed by atoms with E-state index in [-0.39, 0.29) is 6.10 Å². The first kappa shape index (κ1) is 24.0. The fourth-order valence-corrected chi connectivity index (χ4v) is 3.87. The summed E-state index contributed by atoms with van der Waals surface area (Å²) in [5.41, 5.74) is 3.42. The zero-order valence-corrected chi connectivity index (χ0v) is 19.0. The lowest BCUT2D eigenvalue weighted by atomic mass is 9.98. The van der Waals surface area contributed by atoms with Crippen LogP contribution in [0.25, 0.3) is 0 Å². The average molecular weight is 411 g/mol. The molecule has 0 aromatic heterocycles. The topological polar surface area (TPSA) is 35.5 Å². The molecular weight excluding hydrogens is 372 g/mol. The molecule has 0 saturated carbocycles. The van der Waals surface area contributed by atoms with Crippen molar-refractivity contribution < 1.29 is 14.3 Å². The molecule has 0 fully saturated rings. The van der Waals surface area contributed by atoms with Gasteiger partial charge in [-0.15, -0.1) is 0 Å². The van der Waals surface area contributed by atoms with Gasteiger partial charge in [-0.05, 0) is 48.4 Å². The zero-order chi connectivity index (χ0) is 21.6. The summed E-state index contributed by atoms with van der Waals surface area (Å²) < 4.78 is 11.5. The number of ether oxygens (including phenoxy) is 2. The molecule has 1 atom stereocenters. The van der Waals surface area contributed by atoms with Crippen molar-refractivity contribution in [3.8, 4) is 5.75 Å². The summed E-state index contributed by atoms with van der Waals surface area (Å²) in [5, 5.41) is 0. The van der Waals surface area contributed by atoms with Crippen molar-refractivity contribution in [1.29, 1.82) is 0 Å². The highest BCUT2D eigenvalue weighted by Gasteiger charge is 2.19. The fourth-order valence-electron chi connectivity index (χ4n) is 3.87. The molecule has 3 heteroatoms. The van der Waals surface area contributed by atoms with Crippen molar-refractivity contribution in [2.75, 3.05) is 0 Å². The van der Waals surface area contributed by atoms with Gasteiger partial charge in [0, 0.05) is 0 Å². The third-order valence-electron chi connectivity index (χ3n) is 5.42. The van der Waals surface area contributed by atoms with Gasteiger partial charge < -0.3 is 9.47 Å². The zero-order valence-electron chi connectivity index (χ0n) is 19.0. The fraction of sp³-hybridized carbons (Fsp3) is 0.519. The Morgan fingerprint density at radius 3 is 2.23 bits per heavy atom. The van der Waals surface area contributed by atoms with Crippen LogP contribution in [-0.2, 0) is 17.6 Å². The first-order chi connectivity index (χ1) is 14.7. The summed E-state index contributed by atoms with van der Waals surface area (Å²) in [7, 11) is 0. The Morgan fingerprint density at radius 1 is 0.800 bits per heavy atom. The molecule has 0 N–H and O–H groups in total. The van der Waals surface area contributed by atoms with Crippen LogP contribution >= 0.6 is 0 Å². The lowest BCUT2D eigenvalue weighted by molar-refractivity contribution is 0.0525. The molecule has 0 bridgehead atoms. The number of hydrogen-bond acceptors (Lipinski definition) is 3. The summed E-state index contributed by atoms with van der Waals surface area (Å²) in [6.07, 6.45) is 9.83. The molecule has 0 amide bonds. The van der Waals surface area contributed by atoms with E-state index in [2.05, 4.69) is 26.8 Å². The lowest BCUT2D eigenvalue weighted by Gasteiger charge is -2.19. The van der Waals surface area contributed by atoms with E-state index >= 15 is 0 Å². The van der Waals surface area contributed by atoms with E-state index in [1.165, 1.54) is 24.8 Å². The van der Waals surface area contributed by atoms with Gasteiger partial charge in [0.25, 0.3) is 0 Å². The van der Waals surface area contributed by atoms with Crippen molar-refractivity contribution in [3.05, 3.63) is 65.2 Å². The Labute approximate surface area is 182 Å². The van der Waals surface area contributed by atoms with E-state index in [0.29, 0.717) is 5.75 Å². The van der Waals surface area contributed by atoms with Gasteiger partial charge in [0.2, 0.25) is 0 Å². The SMILES string of the molecule is CCCCCCCC(OC(=O)Oc1cccc(CCC)c1CCC)c1ccccc1. The minimum Gasteiger partial charge on any atom is -0.426 e. The number of aryl methyl sites for hydroxylation is 1. The molecule has 2 aromatic rings. The molecule has 0 aliphatic rings. The highest BCUT2D eigenvalue weighted by atomic mass is 16.7. The molecule has 0 aliphatic carbocycles. The second-order valence-electron chi connectivity index (χ2n) is 7.97. The van der Waals surface area contributed by atoms with Crippen molar-refractivity contribution in [2.45, 2.75) is 91.1 Å². The Morgan fingerprint density at radius 2 is 1.53 bits per heavy atom. The summed E-state index contributed by atoms with van der Waals surface area (Å²) in [6.45, 7) is 6.53. The normalized spacial score (nSPS) is 11.8. The molecule has 0 spiro atoms. The van der Waals surface area contributed by atoms with Gasteiger partial charge >= 0.3 is 6.16 Å².